The molecule has 1 aromatic heterocycles. The molecule has 8 heteroatoms. The Hall–Kier alpha value is -1.25. The van der Waals surface area contributed by atoms with Gasteiger partial charge in [-0.3, -0.25) is 4.90 Å². The largest absolute Gasteiger partial charge is 0.395 e. The van der Waals surface area contributed by atoms with Crippen molar-refractivity contribution in [3.8, 4) is 0 Å². The Labute approximate surface area is 125 Å². The molecule has 3 heterocycles. The SMILES string of the molecule is OCCN1CC(ON=C2CN(c3ncc(Br)cn3)C2)C1. The zero-order valence-electron chi connectivity index (χ0n) is 10.9. The fraction of sp³-hybridized carbons (Fsp3) is 0.583. The van der Waals surface area contributed by atoms with Gasteiger partial charge >= 0.3 is 0 Å². The number of aliphatic hydroxyl groups is 1. The van der Waals surface area contributed by atoms with Crippen LogP contribution in [-0.2, 0) is 4.84 Å². The van der Waals surface area contributed by atoms with Crippen LogP contribution in [0.3, 0.4) is 0 Å². The maximum atomic E-state index is 8.78. The minimum atomic E-state index is 0.159. The van der Waals surface area contributed by atoms with Crippen molar-refractivity contribution in [2.24, 2.45) is 5.16 Å². The molecule has 0 aromatic carbocycles. The van der Waals surface area contributed by atoms with Gasteiger partial charge in [0.1, 0.15) is 0 Å². The molecule has 1 aromatic rings. The predicted molar refractivity (Wildman–Crippen MR) is 77.8 cm³/mol. The molecule has 0 spiro atoms. The van der Waals surface area contributed by atoms with Crippen LogP contribution in [0, 0.1) is 0 Å². The number of hydrogen-bond acceptors (Lipinski definition) is 7. The molecule has 2 saturated heterocycles. The molecule has 0 unspecified atom stereocenters. The Balaban J connectivity index is 1.40. The van der Waals surface area contributed by atoms with E-state index < -0.39 is 0 Å². The lowest BCUT2D eigenvalue weighted by Gasteiger charge is -2.37. The van der Waals surface area contributed by atoms with Gasteiger partial charge in [-0.2, -0.15) is 0 Å². The monoisotopic (exact) mass is 341 g/mol. The van der Waals surface area contributed by atoms with Gasteiger partial charge in [0.05, 0.1) is 29.9 Å². The normalized spacial score (nSPS) is 19.5. The second-order valence-electron chi connectivity index (χ2n) is 4.93. The summed E-state index contributed by atoms with van der Waals surface area (Å²) in [6.45, 7) is 4.03. The number of anilines is 1. The third-order valence-electron chi connectivity index (χ3n) is 3.31. The summed E-state index contributed by atoms with van der Waals surface area (Å²) < 4.78 is 0.872. The van der Waals surface area contributed by atoms with Crippen molar-refractivity contribution in [3.63, 3.8) is 0 Å². The van der Waals surface area contributed by atoms with Gasteiger partial charge in [-0.05, 0) is 15.9 Å². The molecule has 20 heavy (non-hydrogen) atoms. The first-order valence-corrected chi connectivity index (χ1v) is 7.31. The highest BCUT2D eigenvalue weighted by Gasteiger charge is 2.29. The van der Waals surface area contributed by atoms with Gasteiger partial charge in [0.15, 0.2) is 6.10 Å². The third-order valence-corrected chi connectivity index (χ3v) is 3.72. The average molecular weight is 342 g/mol. The van der Waals surface area contributed by atoms with E-state index >= 15 is 0 Å². The fourth-order valence-electron chi connectivity index (χ4n) is 2.12. The Morgan fingerprint density at radius 3 is 2.70 bits per heavy atom. The van der Waals surface area contributed by atoms with E-state index in [1.807, 2.05) is 4.90 Å². The average Bonchev–Trinajstić information content (AvgIpc) is 2.35. The maximum absolute atomic E-state index is 8.78. The number of hydrogen-bond donors (Lipinski definition) is 1. The molecule has 0 aliphatic carbocycles. The number of aliphatic hydroxyl groups excluding tert-OH is 1. The lowest BCUT2D eigenvalue weighted by atomic mass is 10.2. The van der Waals surface area contributed by atoms with E-state index in [-0.39, 0.29) is 12.7 Å². The molecule has 0 atom stereocenters. The third kappa shape index (κ3) is 3.08. The molecule has 2 aliphatic heterocycles. The number of β-amino-alcohol motifs (C(OH)–C–C–N with tert-alkyl or cyclic N) is 1. The molecule has 2 aliphatic rings. The molecular weight excluding hydrogens is 326 g/mol. The number of rotatable bonds is 5. The summed E-state index contributed by atoms with van der Waals surface area (Å²) in [4.78, 5) is 18.1. The number of oxime groups is 1. The molecule has 0 bridgehead atoms. The van der Waals surface area contributed by atoms with Crippen molar-refractivity contribution in [2.45, 2.75) is 6.10 Å². The van der Waals surface area contributed by atoms with Crippen LogP contribution >= 0.6 is 15.9 Å². The fourth-order valence-corrected chi connectivity index (χ4v) is 2.33. The van der Waals surface area contributed by atoms with Crippen LogP contribution in [0.25, 0.3) is 0 Å². The highest BCUT2D eigenvalue weighted by Crippen LogP contribution is 2.17. The first-order chi connectivity index (χ1) is 9.74. The Morgan fingerprint density at radius 1 is 1.35 bits per heavy atom. The highest BCUT2D eigenvalue weighted by atomic mass is 79.9. The molecule has 0 saturated carbocycles. The summed E-state index contributed by atoms with van der Waals surface area (Å²) >= 11 is 3.31. The van der Waals surface area contributed by atoms with Crippen LogP contribution in [0.15, 0.2) is 22.0 Å². The summed E-state index contributed by atoms with van der Waals surface area (Å²) in [6.07, 6.45) is 3.63. The molecule has 0 radical (unpaired) electrons. The molecule has 2 fully saturated rings. The first kappa shape index (κ1) is 13.7. The highest BCUT2D eigenvalue weighted by molar-refractivity contribution is 9.10. The van der Waals surface area contributed by atoms with Crippen LogP contribution < -0.4 is 4.90 Å². The van der Waals surface area contributed by atoms with E-state index in [0.717, 1.165) is 23.3 Å². The minimum Gasteiger partial charge on any atom is -0.395 e. The van der Waals surface area contributed by atoms with Crippen molar-refractivity contribution in [2.75, 3.05) is 44.2 Å². The standard InChI is InChI=1S/C12H16BrN5O2/c13-9-3-14-12(15-4-9)18-5-10(6-18)16-20-11-7-17(8-11)1-2-19/h3-4,11,19H,1-2,5-8H2. The smallest absolute Gasteiger partial charge is 0.226 e. The number of likely N-dealkylation sites (tertiary alicyclic amines) is 1. The molecule has 108 valence electrons. The van der Waals surface area contributed by atoms with Crippen LogP contribution in [-0.4, -0.2) is 71.1 Å². The molecular formula is C12H16BrN5O2. The zero-order valence-corrected chi connectivity index (χ0v) is 12.5. The number of nitrogens with zero attached hydrogens (tertiary/aromatic N) is 5. The van der Waals surface area contributed by atoms with Gasteiger partial charge < -0.3 is 14.8 Å². The first-order valence-electron chi connectivity index (χ1n) is 6.52. The van der Waals surface area contributed by atoms with Crippen LogP contribution in [0.2, 0.25) is 0 Å². The summed E-state index contributed by atoms with van der Waals surface area (Å²) in [5, 5.41) is 12.9. The van der Waals surface area contributed by atoms with Crippen molar-refractivity contribution < 1.29 is 9.94 Å². The molecule has 3 rings (SSSR count). The van der Waals surface area contributed by atoms with Crippen molar-refractivity contribution in [1.29, 1.82) is 0 Å². The summed E-state index contributed by atoms with van der Waals surface area (Å²) in [7, 11) is 0. The number of aromatic nitrogens is 2. The predicted octanol–water partition coefficient (Wildman–Crippen LogP) is 0.108. The maximum Gasteiger partial charge on any atom is 0.226 e. The van der Waals surface area contributed by atoms with Gasteiger partial charge in [-0.15, -0.1) is 0 Å². The minimum absolute atomic E-state index is 0.159. The lowest BCUT2D eigenvalue weighted by Crippen LogP contribution is -2.53. The van der Waals surface area contributed by atoms with Crippen molar-refractivity contribution in [3.05, 3.63) is 16.9 Å². The molecule has 1 N–H and O–H groups in total. The van der Waals surface area contributed by atoms with Crippen LogP contribution in [0.1, 0.15) is 0 Å². The van der Waals surface area contributed by atoms with Gasteiger partial charge in [0, 0.05) is 32.0 Å². The van der Waals surface area contributed by atoms with E-state index in [0.29, 0.717) is 25.6 Å². The van der Waals surface area contributed by atoms with E-state index in [1.54, 1.807) is 12.4 Å². The van der Waals surface area contributed by atoms with Gasteiger partial charge in [-0.25, -0.2) is 9.97 Å². The molecule has 7 nitrogen and oxygen atoms in total. The van der Waals surface area contributed by atoms with Gasteiger partial charge in [0.2, 0.25) is 5.95 Å². The zero-order chi connectivity index (χ0) is 13.9. The second kappa shape index (κ2) is 6.02. The van der Waals surface area contributed by atoms with E-state index in [2.05, 4.69) is 36.0 Å². The van der Waals surface area contributed by atoms with Gasteiger partial charge in [0.25, 0.3) is 0 Å². The summed E-state index contributed by atoms with van der Waals surface area (Å²) in [5.74, 6) is 0.713. The van der Waals surface area contributed by atoms with E-state index in [9.17, 15) is 0 Å². The second-order valence-corrected chi connectivity index (χ2v) is 5.84. The number of halogens is 1. The Kier molecular flexibility index (Phi) is 4.13. The quantitative estimate of drug-likeness (QED) is 0.766. The van der Waals surface area contributed by atoms with Crippen LogP contribution in [0.4, 0.5) is 5.95 Å². The van der Waals surface area contributed by atoms with Crippen molar-refractivity contribution >= 4 is 27.6 Å². The Bertz CT molecular complexity index is 481. The van der Waals surface area contributed by atoms with E-state index in [1.165, 1.54) is 0 Å². The van der Waals surface area contributed by atoms with E-state index in [4.69, 9.17) is 9.94 Å². The van der Waals surface area contributed by atoms with Gasteiger partial charge in [-0.1, -0.05) is 5.16 Å². The molecule has 0 amide bonds. The van der Waals surface area contributed by atoms with Crippen LogP contribution in [0.5, 0.6) is 0 Å². The Morgan fingerprint density at radius 2 is 2.05 bits per heavy atom. The topological polar surface area (TPSA) is 74.1 Å². The summed E-state index contributed by atoms with van der Waals surface area (Å²) in [6, 6.07) is 0. The van der Waals surface area contributed by atoms with Crippen molar-refractivity contribution in [1.82, 2.24) is 14.9 Å². The lowest BCUT2D eigenvalue weighted by molar-refractivity contribution is -0.0571. The summed E-state index contributed by atoms with van der Waals surface area (Å²) in [5.41, 5.74) is 1.01.